The second-order valence-corrected chi connectivity index (χ2v) is 9.64. The SMILES string of the molecule is CC(Oc1cc(-c2cnn(C(C)(C)C(=O)N3CCCC3)c2)cnc1N)c1c(Cl)ccc(F)c1Cl. The van der Waals surface area contributed by atoms with Gasteiger partial charge in [-0.1, -0.05) is 23.2 Å². The number of aromatic nitrogens is 3. The molecule has 1 unspecified atom stereocenters. The van der Waals surface area contributed by atoms with Crippen molar-refractivity contribution in [3.05, 3.63) is 58.2 Å². The van der Waals surface area contributed by atoms with Gasteiger partial charge in [0, 0.05) is 47.2 Å². The maximum atomic E-state index is 14.0. The summed E-state index contributed by atoms with van der Waals surface area (Å²) in [5.74, 6) is -0.0932. The number of nitrogens with two attached hydrogens (primary N) is 1. The van der Waals surface area contributed by atoms with Gasteiger partial charge in [-0.2, -0.15) is 5.10 Å². The summed E-state index contributed by atoms with van der Waals surface area (Å²) in [5.41, 5.74) is 6.97. The second-order valence-electron chi connectivity index (χ2n) is 8.86. The number of hydrogen-bond donors (Lipinski definition) is 1. The Kier molecular flexibility index (Phi) is 6.73. The van der Waals surface area contributed by atoms with E-state index in [1.54, 1.807) is 36.3 Å². The number of halogens is 3. The van der Waals surface area contributed by atoms with E-state index in [-0.39, 0.29) is 21.8 Å². The van der Waals surface area contributed by atoms with Crippen molar-refractivity contribution in [2.45, 2.75) is 45.3 Å². The van der Waals surface area contributed by atoms with Crippen molar-refractivity contribution >= 4 is 34.9 Å². The zero-order valence-electron chi connectivity index (χ0n) is 19.2. The summed E-state index contributed by atoms with van der Waals surface area (Å²) >= 11 is 12.3. The Hall–Kier alpha value is -2.84. The van der Waals surface area contributed by atoms with Gasteiger partial charge in [-0.15, -0.1) is 0 Å². The Morgan fingerprint density at radius 1 is 1.21 bits per heavy atom. The highest BCUT2D eigenvalue weighted by molar-refractivity contribution is 6.36. The summed E-state index contributed by atoms with van der Waals surface area (Å²) in [7, 11) is 0. The molecule has 3 heterocycles. The molecule has 0 aliphatic carbocycles. The third-order valence-electron chi connectivity index (χ3n) is 6.08. The van der Waals surface area contributed by atoms with Gasteiger partial charge in [0.1, 0.15) is 17.5 Å². The average Bonchev–Trinajstić information content (AvgIpc) is 3.50. The number of carbonyl (C=O) groups is 1. The molecule has 1 aliphatic heterocycles. The van der Waals surface area contributed by atoms with Crippen LogP contribution in [0.2, 0.25) is 10.0 Å². The number of carbonyl (C=O) groups excluding carboxylic acids is 1. The molecule has 180 valence electrons. The van der Waals surface area contributed by atoms with E-state index in [1.165, 1.54) is 12.1 Å². The van der Waals surface area contributed by atoms with E-state index in [0.717, 1.165) is 31.5 Å². The van der Waals surface area contributed by atoms with Crippen LogP contribution in [0, 0.1) is 5.82 Å². The Bertz CT molecular complexity index is 1220. The molecule has 1 aromatic carbocycles. The fourth-order valence-corrected chi connectivity index (χ4v) is 4.73. The monoisotopic (exact) mass is 505 g/mol. The fraction of sp³-hybridized carbons (Fsp3) is 0.375. The molecule has 4 rings (SSSR count). The Morgan fingerprint density at radius 3 is 2.62 bits per heavy atom. The number of ether oxygens (including phenoxy) is 1. The first kappa shape index (κ1) is 24.3. The molecule has 1 amide bonds. The van der Waals surface area contributed by atoms with E-state index in [9.17, 15) is 9.18 Å². The first-order chi connectivity index (χ1) is 16.1. The molecule has 1 atom stereocenters. The maximum Gasteiger partial charge on any atom is 0.249 e. The van der Waals surface area contributed by atoms with Crippen LogP contribution in [0.25, 0.3) is 11.1 Å². The van der Waals surface area contributed by atoms with Gasteiger partial charge in [-0.05, 0) is 51.8 Å². The second kappa shape index (κ2) is 9.43. The van der Waals surface area contributed by atoms with Gasteiger partial charge in [-0.3, -0.25) is 9.48 Å². The van der Waals surface area contributed by atoms with Gasteiger partial charge in [0.05, 0.1) is 11.2 Å². The molecule has 1 saturated heterocycles. The summed E-state index contributed by atoms with van der Waals surface area (Å²) in [4.78, 5) is 19.1. The molecule has 0 bridgehead atoms. The van der Waals surface area contributed by atoms with E-state index >= 15 is 0 Å². The van der Waals surface area contributed by atoms with Crippen molar-refractivity contribution < 1.29 is 13.9 Å². The molecule has 3 aromatic rings. The van der Waals surface area contributed by atoms with Crippen LogP contribution < -0.4 is 10.5 Å². The standard InChI is InChI=1S/C24H26Cl2FN5O2/c1-14(20-17(25)6-7-18(27)21(20)26)34-19-10-15(11-29-22(19)28)16-12-30-32(13-16)24(2,3)23(33)31-8-4-5-9-31/h6-7,10-14H,4-5,8-9H2,1-3H3,(H2,28,29). The lowest BCUT2D eigenvalue weighted by molar-refractivity contribution is -0.138. The van der Waals surface area contributed by atoms with Crippen LogP contribution in [0.4, 0.5) is 10.2 Å². The van der Waals surface area contributed by atoms with Crippen molar-refractivity contribution in [2.75, 3.05) is 18.8 Å². The Balaban J connectivity index is 1.59. The third kappa shape index (κ3) is 4.57. The molecule has 0 spiro atoms. The predicted octanol–water partition coefficient (Wildman–Crippen LogP) is 5.47. The molecule has 0 radical (unpaired) electrons. The van der Waals surface area contributed by atoms with Crippen molar-refractivity contribution in [3.8, 4) is 16.9 Å². The lowest BCUT2D eigenvalue weighted by Gasteiger charge is -2.29. The molecule has 2 N–H and O–H groups in total. The average molecular weight is 506 g/mol. The van der Waals surface area contributed by atoms with E-state index in [2.05, 4.69) is 10.1 Å². The summed E-state index contributed by atoms with van der Waals surface area (Å²) in [6.45, 7) is 6.96. The number of nitrogen functional groups attached to an aromatic ring is 1. The largest absolute Gasteiger partial charge is 0.482 e. The van der Waals surface area contributed by atoms with Crippen LogP contribution in [0.1, 0.15) is 45.3 Å². The van der Waals surface area contributed by atoms with Crippen molar-refractivity contribution in [1.29, 1.82) is 0 Å². The van der Waals surface area contributed by atoms with E-state index in [4.69, 9.17) is 33.7 Å². The third-order valence-corrected chi connectivity index (χ3v) is 6.79. The van der Waals surface area contributed by atoms with Crippen LogP contribution in [-0.2, 0) is 10.3 Å². The Morgan fingerprint density at radius 2 is 1.91 bits per heavy atom. The first-order valence-corrected chi connectivity index (χ1v) is 11.8. The normalized spacial score (nSPS) is 14.9. The van der Waals surface area contributed by atoms with E-state index < -0.39 is 17.5 Å². The predicted molar refractivity (Wildman–Crippen MR) is 130 cm³/mol. The lowest BCUT2D eigenvalue weighted by atomic mass is 10.0. The van der Waals surface area contributed by atoms with Gasteiger partial charge < -0.3 is 15.4 Å². The van der Waals surface area contributed by atoms with E-state index in [1.807, 2.05) is 18.7 Å². The molecule has 1 aliphatic rings. The number of hydrogen-bond acceptors (Lipinski definition) is 5. The highest BCUT2D eigenvalue weighted by atomic mass is 35.5. The molecule has 0 saturated carbocycles. The molecule has 34 heavy (non-hydrogen) atoms. The van der Waals surface area contributed by atoms with Crippen LogP contribution in [0.5, 0.6) is 5.75 Å². The molecule has 2 aromatic heterocycles. The molecular weight excluding hydrogens is 480 g/mol. The van der Waals surface area contributed by atoms with Gasteiger partial charge in [0.2, 0.25) is 5.91 Å². The van der Waals surface area contributed by atoms with Gasteiger partial charge in [-0.25, -0.2) is 9.37 Å². The summed E-state index contributed by atoms with van der Waals surface area (Å²) < 4.78 is 21.6. The number of amides is 1. The quantitative estimate of drug-likeness (QED) is 0.448. The van der Waals surface area contributed by atoms with Gasteiger partial charge in [0.15, 0.2) is 11.6 Å². The molecular formula is C24H26Cl2FN5O2. The number of rotatable bonds is 6. The molecule has 1 fully saturated rings. The van der Waals surface area contributed by atoms with Crippen LogP contribution in [0.3, 0.4) is 0 Å². The summed E-state index contributed by atoms with van der Waals surface area (Å²) in [6.07, 6.45) is 6.43. The number of anilines is 1. The molecule has 7 nitrogen and oxygen atoms in total. The minimum absolute atomic E-state index is 0.0387. The van der Waals surface area contributed by atoms with Crippen molar-refractivity contribution in [1.82, 2.24) is 19.7 Å². The number of likely N-dealkylation sites (tertiary alicyclic amines) is 1. The van der Waals surface area contributed by atoms with Crippen molar-refractivity contribution in [2.24, 2.45) is 0 Å². The Labute approximate surface area is 207 Å². The van der Waals surface area contributed by atoms with Gasteiger partial charge in [0.25, 0.3) is 0 Å². The van der Waals surface area contributed by atoms with Crippen LogP contribution in [0.15, 0.2) is 36.8 Å². The number of benzene rings is 1. The smallest absolute Gasteiger partial charge is 0.249 e. The minimum atomic E-state index is -0.831. The maximum absolute atomic E-state index is 14.0. The topological polar surface area (TPSA) is 86.3 Å². The lowest BCUT2D eigenvalue weighted by Crippen LogP contribution is -2.46. The zero-order valence-corrected chi connectivity index (χ0v) is 20.7. The minimum Gasteiger partial charge on any atom is -0.482 e. The van der Waals surface area contributed by atoms with E-state index in [0.29, 0.717) is 16.9 Å². The zero-order chi connectivity index (χ0) is 24.6. The number of pyridine rings is 1. The fourth-order valence-electron chi connectivity index (χ4n) is 4.05. The summed E-state index contributed by atoms with van der Waals surface area (Å²) in [5, 5.41) is 4.63. The van der Waals surface area contributed by atoms with Gasteiger partial charge >= 0.3 is 0 Å². The van der Waals surface area contributed by atoms with Crippen molar-refractivity contribution in [3.63, 3.8) is 0 Å². The number of nitrogens with zero attached hydrogens (tertiary/aromatic N) is 4. The van der Waals surface area contributed by atoms with Crippen LogP contribution in [-0.4, -0.2) is 38.7 Å². The van der Waals surface area contributed by atoms with Crippen LogP contribution >= 0.6 is 23.2 Å². The highest BCUT2D eigenvalue weighted by Crippen LogP contribution is 2.37. The highest BCUT2D eigenvalue weighted by Gasteiger charge is 2.35. The summed E-state index contributed by atoms with van der Waals surface area (Å²) in [6, 6.07) is 4.34. The first-order valence-electron chi connectivity index (χ1n) is 11.0. The molecule has 10 heteroatoms.